The maximum Gasteiger partial charge on any atom is 0.240 e. The van der Waals surface area contributed by atoms with Crippen LogP contribution in [0.3, 0.4) is 0 Å². The lowest BCUT2D eigenvalue weighted by molar-refractivity contribution is 0.289. The van der Waals surface area contributed by atoms with Gasteiger partial charge in [0.1, 0.15) is 12.4 Å². The van der Waals surface area contributed by atoms with E-state index in [-0.39, 0.29) is 6.61 Å². The molecular formula is C11H6BrFN2OS. The van der Waals surface area contributed by atoms with Crippen LogP contribution < -0.4 is 4.74 Å². The zero-order chi connectivity index (χ0) is 12.3. The van der Waals surface area contributed by atoms with Crippen molar-refractivity contribution in [2.75, 3.05) is 0 Å². The van der Waals surface area contributed by atoms with Gasteiger partial charge >= 0.3 is 0 Å². The number of nitrogens with zero attached hydrogens (tertiary/aromatic N) is 2. The summed E-state index contributed by atoms with van der Waals surface area (Å²) in [7, 11) is 0. The van der Waals surface area contributed by atoms with Crippen LogP contribution in [-0.2, 0) is 6.61 Å². The molecule has 0 aliphatic carbocycles. The van der Waals surface area contributed by atoms with Crippen molar-refractivity contribution in [3.63, 3.8) is 0 Å². The highest BCUT2D eigenvalue weighted by Crippen LogP contribution is 2.26. The summed E-state index contributed by atoms with van der Waals surface area (Å²) in [4.78, 5) is 0. The average molecular weight is 313 g/mol. The molecule has 0 aliphatic heterocycles. The molecule has 2 aromatic rings. The number of halogens is 2. The van der Waals surface area contributed by atoms with Gasteiger partial charge < -0.3 is 4.74 Å². The minimum Gasteiger partial charge on any atom is -0.471 e. The minimum absolute atomic E-state index is 0.0832. The Morgan fingerprint density at radius 2 is 2.35 bits per heavy atom. The summed E-state index contributed by atoms with van der Waals surface area (Å²) in [5.41, 5.74) is 0.685. The molecule has 0 amide bonds. The molecule has 0 radical (unpaired) electrons. The Hall–Kier alpha value is -1.45. The second kappa shape index (κ2) is 5.25. The molecule has 0 aliphatic rings. The predicted molar refractivity (Wildman–Crippen MR) is 65.3 cm³/mol. The van der Waals surface area contributed by atoms with Gasteiger partial charge in [-0.05, 0) is 39.6 Å². The number of benzene rings is 1. The summed E-state index contributed by atoms with van der Waals surface area (Å²) < 4.78 is 23.6. The standard InChI is InChI=1S/C11H6BrFN2OS/c12-9-6-17-15-11(9)16-5-8-2-1-7(4-14)3-10(8)13/h1-3,6H,5H2. The van der Waals surface area contributed by atoms with E-state index in [9.17, 15) is 4.39 Å². The van der Waals surface area contributed by atoms with Gasteiger partial charge in [0.2, 0.25) is 5.88 Å². The second-order valence-electron chi connectivity index (χ2n) is 3.17. The van der Waals surface area contributed by atoms with Crippen LogP contribution in [0.15, 0.2) is 28.1 Å². The van der Waals surface area contributed by atoms with Crippen LogP contribution in [0, 0.1) is 17.1 Å². The summed E-state index contributed by atoms with van der Waals surface area (Å²) in [5, 5.41) is 10.4. The van der Waals surface area contributed by atoms with Gasteiger partial charge in [0.05, 0.1) is 16.1 Å². The number of rotatable bonds is 3. The number of hydrogen-bond donors (Lipinski definition) is 0. The quantitative estimate of drug-likeness (QED) is 0.871. The molecular weight excluding hydrogens is 307 g/mol. The minimum atomic E-state index is -0.449. The summed E-state index contributed by atoms with van der Waals surface area (Å²) in [6.07, 6.45) is 0. The average Bonchev–Trinajstić information content (AvgIpc) is 2.73. The fraction of sp³-hybridized carbons (Fsp3) is 0.0909. The number of nitriles is 1. The first kappa shape index (κ1) is 12.0. The van der Waals surface area contributed by atoms with E-state index in [0.717, 1.165) is 4.47 Å². The van der Waals surface area contributed by atoms with Gasteiger partial charge in [-0.15, -0.1) is 0 Å². The van der Waals surface area contributed by atoms with Crippen LogP contribution in [0.25, 0.3) is 0 Å². The van der Waals surface area contributed by atoms with Crippen LogP contribution in [0.4, 0.5) is 4.39 Å². The molecule has 0 saturated carbocycles. The van der Waals surface area contributed by atoms with E-state index < -0.39 is 5.82 Å². The van der Waals surface area contributed by atoms with Crippen LogP contribution in [-0.4, -0.2) is 4.37 Å². The zero-order valence-corrected chi connectivity index (χ0v) is 10.9. The SMILES string of the molecule is N#Cc1ccc(COc2nscc2Br)c(F)c1. The van der Waals surface area contributed by atoms with Gasteiger partial charge in [0, 0.05) is 10.9 Å². The van der Waals surface area contributed by atoms with E-state index in [1.165, 1.54) is 23.7 Å². The molecule has 6 heteroatoms. The van der Waals surface area contributed by atoms with Crippen molar-refractivity contribution in [1.29, 1.82) is 5.26 Å². The van der Waals surface area contributed by atoms with E-state index in [0.29, 0.717) is 17.0 Å². The van der Waals surface area contributed by atoms with E-state index in [4.69, 9.17) is 10.00 Å². The summed E-state index contributed by atoms with van der Waals surface area (Å²) in [6.45, 7) is 0.0832. The van der Waals surface area contributed by atoms with Crippen molar-refractivity contribution in [1.82, 2.24) is 4.37 Å². The molecule has 0 unspecified atom stereocenters. The molecule has 0 bridgehead atoms. The number of aromatic nitrogens is 1. The van der Waals surface area contributed by atoms with Crippen molar-refractivity contribution in [2.45, 2.75) is 6.61 Å². The van der Waals surface area contributed by atoms with Gasteiger partial charge in [-0.2, -0.15) is 9.64 Å². The van der Waals surface area contributed by atoms with Crippen molar-refractivity contribution in [3.8, 4) is 11.9 Å². The third kappa shape index (κ3) is 2.81. The molecule has 0 N–H and O–H groups in total. The van der Waals surface area contributed by atoms with Crippen LogP contribution >= 0.6 is 27.5 Å². The molecule has 86 valence electrons. The molecule has 2 rings (SSSR count). The van der Waals surface area contributed by atoms with Crippen LogP contribution in [0.1, 0.15) is 11.1 Å². The smallest absolute Gasteiger partial charge is 0.240 e. The van der Waals surface area contributed by atoms with E-state index in [2.05, 4.69) is 20.3 Å². The summed E-state index contributed by atoms with van der Waals surface area (Å²) in [6, 6.07) is 6.15. The number of hydrogen-bond acceptors (Lipinski definition) is 4. The highest BCUT2D eigenvalue weighted by atomic mass is 79.9. The first-order valence-electron chi connectivity index (χ1n) is 4.62. The first-order chi connectivity index (χ1) is 8.20. The van der Waals surface area contributed by atoms with Crippen molar-refractivity contribution >= 4 is 27.5 Å². The lowest BCUT2D eigenvalue weighted by Gasteiger charge is -2.05. The first-order valence-corrected chi connectivity index (χ1v) is 6.25. The molecule has 0 saturated heterocycles. The van der Waals surface area contributed by atoms with Gasteiger partial charge in [0.25, 0.3) is 0 Å². The zero-order valence-electron chi connectivity index (χ0n) is 8.48. The fourth-order valence-electron chi connectivity index (χ4n) is 1.19. The largest absolute Gasteiger partial charge is 0.471 e. The number of ether oxygens (including phenoxy) is 1. The Kier molecular flexibility index (Phi) is 3.71. The van der Waals surface area contributed by atoms with Crippen LogP contribution in [0.5, 0.6) is 5.88 Å². The molecule has 1 aromatic heterocycles. The van der Waals surface area contributed by atoms with Crippen molar-refractivity contribution < 1.29 is 9.13 Å². The van der Waals surface area contributed by atoms with Gasteiger partial charge in [-0.1, -0.05) is 6.07 Å². The predicted octanol–water partition coefficient (Wildman–Crippen LogP) is 3.50. The summed E-state index contributed by atoms with van der Waals surface area (Å²) in [5.74, 6) is -0.00541. The molecule has 0 fully saturated rings. The molecule has 0 atom stereocenters. The lowest BCUT2D eigenvalue weighted by Crippen LogP contribution is -1.99. The van der Waals surface area contributed by atoms with Gasteiger partial charge in [0.15, 0.2) is 0 Å². The lowest BCUT2D eigenvalue weighted by atomic mass is 10.1. The summed E-state index contributed by atoms with van der Waals surface area (Å²) >= 11 is 4.52. The van der Waals surface area contributed by atoms with Crippen molar-refractivity contribution in [2.24, 2.45) is 0 Å². The highest BCUT2D eigenvalue weighted by Gasteiger charge is 2.07. The van der Waals surface area contributed by atoms with Crippen LogP contribution in [0.2, 0.25) is 0 Å². The second-order valence-corrected chi connectivity index (χ2v) is 4.66. The molecule has 0 spiro atoms. The fourth-order valence-corrected chi connectivity index (χ4v) is 2.25. The maximum atomic E-state index is 13.5. The van der Waals surface area contributed by atoms with Gasteiger partial charge in [-0.25, -0.2) is 4.39 Å². The third-order valence-corrected chi connectivity index (χ3v) is 3.53. The van der Waals surface area contributed by atoms with Crippen molar-refractivity contribution in [3.05, 3.63) is 45.0 Å². The Labute approximate surface area is 110 Å². The van der Waals surface area contributed by atoms with E-state index in [1.54, 1.807) is 11.4 Å². The highest BCUT2D eigenvalue weighted by molar-refractivity contribution is 9.10. The Morgan fingerprint density at radius 1 is 1.53 bits per heavy atom. The third-order valence-electron chi connectivity index (χ3n) is 2.04. The molecule has 1 aromatic carbocycles. The Balaban J connectivity index is 2.10. The molecule has 17 heavy (non-hydrogen) atoms. The topological polar surface area (TPSA) is 45.9 Å². The normalized spacial score (nSPS) is 9.94. The monoisotopic (exact) mass is 312 g/mol. The maximum absolute atomic E-state index is 13.5. The molecule has 3 nitrogen and oxygen atoms in total. The molecule has 1 heterocycles. The van der Waals surface area contributed by atoms with E-state index in [1.807, 2.05) is 6.07 Å². The Morgan fingerprint density at radius 3 is 2.94 bits per heavy atom. The van der Waals surface area contributed by atoms with Gasteiger partial charge in [-0.3, -0.25) is 0 Å². The van der Waals surface area contributed by atoms with E-state index >= 15 is 0 Å². The Bertz CT molecular complexity index is 579.